The van der Waals surface area contributed by atoms with Crippen molar-refractivity contribution < 1.29 is 231 Å². The van der Waals surface area contributed by atoms with Gasteiger partial charge < -0.3 is 20.8 Å². The van der Waals surface area contributed by atoms with E-state index in [1.807, 2.05) is 0 Å². The fourth-order valence-corrected chi connectivity index (χ4v) is 7.75. The van der Waals surface area contributed by atoms with Crippen LogP contribution in [-0.2, 0) is 0 Å². The molecular weight excluding hydrogens is 1420 g/mol. The van der Waals surface area contributed by atoms with Crippen LogP contribution in [0.15, 0.2) is 0 Å². The van der Waals surface area contributed by atoms with Gasteiger partial charge in [0.05, 0.1) is 5.54 Å². The van der Waals surface area contributed by atoms with Crippen molar-refractivity contribution in [3.05, 3.63) is 0 Å². The van der Waals surface area contributed by atoms with E-state index in [0.29, 0.717) is 5.32 Å². The summed E-state index contributed by atoms with van der Waals surface area (Å²) >= 11 is 0. The fraction of sp³-hybridized carbons (Fsp3) is 0.943. The normalized spacial score (nSPS) is 21.4. The third kappa shape index (κ3) is 10.6. The Morgan fingerprint density at radius 3 is 0.787 bits per heavy atom. The molecule has 0 saturated heterocycles. The zero-order chi connectivity index (χ0) is 72.8. The van der Waals surface area contributed by atoms with Gasteiger partial charge in [-0.05, 0) is 18.8 Å². The minimum atomic E-state index is -10.2. The molecule has 530 valence electrons. The molecule has 0 aromatic heterocycles. The van der Waals surface area contributed by atoms with E-state index in [-0.39, 0.29) is 12.2 Å². The lowest BCUT2D eigenvalue weighted by Gasteiger charge is -2.53. The molecule has 0 spiro atoms. The average Bonchev–Trinajstić information content (AvgIpc) is 0.697. The lowest BCUT2D eigenvalue weighted by atomic mass is 9.61. The minimum Gasteiger partial charge on any atom is -0.465 e. The summed E-state index contributed by atoms with van der Waals surface area (Å²) in [6.45, 7) is 0.00826. The van der Waals surface area contributed by atoms with Crippen LogP contribution < -0.4 is 10.6 Å². The quantitative estimate of drug-likeness (QED) is 0.0587. The molecular formula is C35H20F48N2O4. The molecule has 0 aromatic rings. The van der Waals surface area contributed by atoms with Gasteiger partial charge in [-0.25, -0.2) is 27.2 Å². The number of carbonyl (C=O) groups is 2. The van der Waals surface area contributed by atoms with E-state index >= 15 is 35.1 Å². The molecule has 54 heteroatoms. The van der Waals surface area contributed by atoms with E-state index in [4.69, 9.17) is 5.11 Å². The van der Waals surface area contributed by atoms with Crippen LogP contribution in [0.4, 0.5) is 220 Å². The van der Waals surface area contributed by atoms with Crippen LogP contribution in [0, 0.1) is 11.8 Å². The first-order valence-corrected chi connectivity index (χ1v) is 20.9. The SMILES string of the molecule is CC1CCC(CC(F)(F)C(F)(F)C(F)(F)C(F)(F)C(F)(F)C(F)(F)C(F)(F)C(F)(F)C(F)(F)C(F)(F)C(F)(F)C(F)F)(NC(=O)O)C(CC(F)(F)C(F)(F)C(F)(F)C(F)(F)C(F)(F)C(F)(F)C(F)(F)C(F)(F)C(F)(F)C(F)(F)C(F)(F)C(F)F)C1NC(=O)O. The molecule has 1 saturated carbocycles. The van der Waals surface area contributed by atoms with Crippen molar-refractivity contribution in [3.63, 3.8) is 0 Å². The smallest absolute Gasteiger partial charge is 0.405 e. The van der Waals surface area contributed by atoms with E-state index in [0.717, 1.165) is 0 Å². The number of hydrogen-bond acceptors (Lipinski definition) is 2. The molecule has 4 unspecified atom stereocenters. The predicted molar refractivity (Wildman–Crippen MR) is 181 cm³/mol. The molecule has 0 bridgehead atoms. The van der Waals surface area contributed by atoms with Crippen LogP contribution >= 0.6 is 0 Å². The zero-order valence-corrected chi connectivity index (χ0v) is 40.1. The molecule has 0 aliphatic heterocycles. The molecule has 6 nitrogen and oxygen atoms in total. The highest BCUT2D eigenvalue weighted by Gasteiger charge is 3.01. The molecule has 0 heterocycles. The highest BCUT2D eigenvalue weighted by Crippen LogP contribution is 2.71. The topological polar surface area (TPSA) is 98.7 Å². The second-order valence-electron chi connectivity index (χ2n) is 18.7. The van der Waals surface area contributed by atoms with Gasteiger partial charge in [0.25, 0.3) is 0 Å². The van der Waals surface area contributed by atoms with Crippen LogP contribution in [0.3, 0.4) is 0 Å². The van der Waals surface area contributed by atoms with Gasteiger partial charge in [-0.1, -0.05) is 6.92 Å². The number of rotatable bonds is 28. The number of alkyl halides is 48. The average molecular weight is 1440 g/mol. The molecule has 2 amide bonds. The number of hydrogen-bond donors (Lipinski definition) is 4. The Labute approximate surface area is 453 Å². The summed E-state index contributed by atoms with van der Waals surface area (Å²) in [6, 6.07) is -3.91. The summed E-state index contributed by atoms with van der Waals surface area (Å²) < 4.78 is 683. The molecule has 0 radical (unpaired) electrons. The second-order valence-corrected chi connectivity index (χ2v) is 18.7. The molecule has 4 N–H and O–H groups in total. The lowest BCUT2D eigenvalue weighted by molar-refractivity contribution is -0.477. The maximum absolute atomic E-state index is 15.7. The van der Waals surface area contributed by atoms with Crippen molar-refractivity contribution in [2.24, 2.45) is 11.8 Å². The Bertz CT molecular complexity index is 2560. The van der Waals surface area contributed by atoms with Gasteiger partial charge in [0, 0.05) is 24.8 Å². The minimum absolute atomic E-state index is 0.00826. The number of carboxylic acid groups (broad SMARTS) is 2. The molecule has 1 rings (SSSR count). The predicted octanol–water partition coefficient (Wildman–Crippen LogP) is 17.0. The van der Waals surface area contributed by atoms with Crippen LogP contribution in [0.2, 0.25) is 0 Å². The maximum Gasteiger partial charge on any atom is 0.405 e. The van der Waals surface area contributed by atoms with Crippen molar-refractivity contribution in [2.75, 3.05) is 0 Å². The molecule has 1 aliphatic carbocycles. The van der Waals surface area contributed by atoms with Crippen LogP contribution in [0.1, 0.15) is 32.6 Å². The zero-order valence-electron chi connectivity index (χ0n) is 40.1. The summed E-state index contributed by atoms with van der Waals surface area (Å²) in [5, 5.41) is 18.7. The Balaban J connectivity index is 4.46. The molecule has 4 atom stereocenters. The van der Waals surface area contributed by atoms with Crippen molar-refractivity contribution in [2.45, 2.75) is 187 Å². The third-order valence-corrected chi connectivity index (χ3v) is 13.1. The summed E-state index contributed by atoms with van der Waals surface area (Å²) in [5.41, 5.74) is -5.53. The lowest BCUT2D eigenvalue weighted by Crippen LogP contribution is -2.78. The number of nitrogens with one attached hydrogen (secondary N) is 2. The van der Waals surface area contributed by atoms with E-state index in [1.165, 1.54) is 0 Å². The Hall–Kier alpha value is -4.82. The maximum atomic E-state index is 15.7. The first kappa shape index (κ1) is 82.2. The van der Waals surface area contributed by atoms with Crippen molar-refractivity contribution >= 4 is 12.2 Å². The van der Waals surface area contributed by atoms with Crippen LogP contribution in [-0.4, -0.2) is 177 Å². The van der Waals surface area contributed by atoms with Gasteiger partial charge in [-0.15, -0.1) is 0 Å². The van der Waals surface area contributed by atoms with E-state index < -0.39 is 204 Å². The molecule has 89 heavy (non-hydrogen) atoms. The van der Waals surface area contributed by atoms with Gasteiger partial charge in [-0.3, -0.25) is 0 Å². The van der Waals surface area contributed by atoms with E-state index in [1.54, 1.807) is 0 Å². The van der Waals surface area contributed by atoms with Gasteiger partial charge >= 0.3 is 155 Å². The Morgan fingerprint density at radius 1 is 0.360 bits per heavy atom. The van der Waals surface area contributed by atoms with Crippen molar-refractivity contribution in [1.29, 1.82) is 0 Å². The summed E-state index contributed by atoms with van der Waals surface area (Å²) in [6.07, 6.45) is -34.6. The third-order valence-electron chi connectivity index (χ3n) is 13.1. The largest absolute Gasteiger partial charge is 0.465 e. The Morgan fingerprint density at radius 2 is 0.573 bits per heavy atom. The van der Waals surface area contributed by atoms with E-state index in [9.17, 15) is 190 Å². The van der Waals surface area contributed by atoms with Crippen LogP contribution in [0.5, 0.6) is 0 Å². The highest BCUT2D eigenvalue weighted by atomic mass is 19.4. The second kappa shape index (κ2) is 21.9. The highest BCUT2D eigenvalue weighted by molar-refractivity contribution is 5.67. The number of halogens is 48. The Kier molecular flexibility index (Phi) is 20.2. The monoisotopic (exact) mass is 1440 g/mol. The summed E-state index contributed by atoms with van der Waals surface area (Å²) in [4.78, 5) is 23.2. The van der Waals surface area contributed by atoms with Crippen molar-refractivity contribution in [1.82, 2.24) is 10.6 Å². The van der Waals surface area contributed by atoms with Gasteiger partial charge in [0.15, 0.2) is 0 Å². The standard InChI is InChI=1S/C35H20F48N2O4/c1-6-2-3-13(85-12(88)89,5-15(42,43)19(50,51)23(58,59)27(66,67)31(74,75)35(82,83)33(78,79)29(70,71)25(62,63)21(54,55)17(46,47)10(38)39)7(8(6)84-11(86)87)4-14(40,41)18(48,49)22(56,57)26(64,65)30(72,73)34(80,81)32(76,77)28(68,69)24(60,61)20(52,53)16(44,45)9(36)37/h6-10,84-85H,2-5H2,1H3,(H,86,87)(H,88,89). The summed E-state index contributed by atoms with van der Waals surface area (Å²) in [5.74, 6) is -219. The van der Waals surface area contributed by atoms with E-state index in [2.05, 4.69) is 0 Å². The first-order chi connectivity index (χ1) is 38.0. The molecule has 1 aliphatic rings. The van der Waals surface area contributed by atoms with Gasteiger partial charge in [0.1, 0.15) is 0 Å². The number of amides is 2. The van der Waals surface area contributed by atoms with Gasteiger partial charge in [0.2, 0.25) is 0 Å². The van der Waals surface area contributed by atoms with Crippen LogP contribution in [0.25, 0.3) is 0 Å². The van der Waals surface area contributed by atoms with Crippen molar-refractivity contribution in [3.8, 4) is 0 Å². The summed E-state index contributed by atoms with van der Waals surface area (Å²) in [7, 11) is 0. The van der Waals surface area contributed by atoms with Gasteiger partial charge in [-0.2, -0.15) is 193 Å². The molecule has 0 aromatic carbocycles. The first-order valence-electron chi connectivity index (χ1n) is 20.9. The fourth-order valence-electron chi connectivity index (χ4n) is 7.75. The molecule has 1 fully saturated rings.